The Balaban J connectivity index is 1.11. The second-order valence-corrected chi connectivity index (χ2v) is 17.7. The van der Waals surface area contributed by atoms with Gasteiger partial charge in [0, 0.05) is 0 Å². The number of benzene rings is 12. The molecule has 0 N–H and O–H groups in total. The first-order valence-corrected chi connectivity index (χ1v) is 21.8. The largest absolute Gasteiger partial charge is 0.416 e. The van der Waals surface area contributed by atoms with Gasteiger partial charge in [-0.05, 0) is 191 Å². The second-order valence-electron chi connectivity index (χ2n) is 17.7. The van der Waals surface area contributed by atoms with Gasteiger partial charge in [0.1, 0.15) is 0 Å². The van der Waals surface area contributed by atoms with Crippen molar-refractivity contribution in [2.45, 2.75) is 12.4 Å². The van der Waals surface area contributed by atoms with E-state index in [0.29, 0.717) is 11.1 Å². The molecule has 2 aliphatic rings. The molecule has 0 nitrogen and oxygen atoms in total. The molecule has 0 aromatic heterocycles. The minimum Gasteiger partial charge on any atom is -0.166 e. The van der Waals surface area contributed by atoms with Crippen LogP contribution in [-0.4, -0.2) is 0 Å². The summed E-state index contributed by atoms with van der Waals surface area (Å²) in [6.45, 7) is 0. The Morgan fingerprint density at radius 2 is 0.652 bits per heavy atom. The Morgan fingerprint density at radius 3 is 1.17 bits per heavy atom. The van der Waals surface area contributed by atoms with E-state index in [1.54, 1.807) is 24.3 Å². The monoisotopic (exact) mass is 864 g/mol. The van der Waals surface area contributed by atoms with E-state index in [1.807, 2.05) is 24.3 Å². The normalized spacial score (nSPS) is 13.0. The van der Waals surface area contributed by atoms with Gasteiger partial charge in [0.2, 0.25) is 0 Å². The van der Waals surface area contributed by atoms with Crippen LogP contribution in [0.25, 0.3) is 142 Å². The van der Waals surface area contributed by atoms with Crippen molar-refractivity contribution in [2.75, 3.05) is 0 Å². The van der Waals surface area contributed by atoms with E-state index >= 15 is 0 Å². The van der Waals surface area contributed by atoms with Gasteiger partial charge in [-0.25, -0.2) is 0 Å². The minimum atomic E-state index is -4.49. The molecule has 0 radical (unpaired) electrons. The van der Waals surface area contributed by atoms with E-state index in [2.05, 4.69) is 109 Å². The third-order valence-corrected chi connectivity index (χ3v) is 14.3. The summed E-state index contributed by atoms with van der Waals surface area (Å²) >= 11 is 0. The zero-order valence-electron chi connectivity index (χ0n) is 34.6. The number of alkyl halides is 6. The van der Waals surface area contributed by atoms with E-state index in [9.17, 15) is 26.3 Å². The van der Waals surface area contributed by atoms with E-state index < -0.39 is 23.5 Å². The second kappa shape index (κ2) is 12.9. The Hall–Kier alpha value is -7.96. The van der Waals surface area contributed by atoms with Crippen molar-refractivity contribution in [3.05, 3.63) is 193 Å². The Morgan fingerprint density at radius 1 is 0.242 bits per heavy atom. The van der Waals surface area contributed by atoms with Crippen LogP contribution in [0.3, 0.4) is 0 Å². The number of hydrogen-bond donors (Lipinski definition) is 0. The van der Waals surface area contributed by atoms with Crippen LogP contribution in [0.5, 0.6) is 0 Å². The van der Waals surface area contributed by atoms with Crippen LogP contribution in [0.1, 0.15) is 11.1 Å². The Bertz CT molecular complexity index is 4160. The summed E-state index contributed by atoms with van der Waals surface area (Å²) < 4.78 is 84.1. The zero-order chi connectivity index (χ0) is 44.4. The number of fused-ring (bicyclic) bond motifs is 15. The van der Waals surface area contributed by atoms with Crippen molar-refractivity contribution in [2.24, 2.45) is 0 Å². The molecule has 14 rings (SSSR count). The summed E-state index contributed by atoms with van der Waals surface area (Å²) in [7, 11) is 0. The Kier molecular flexibility index (Phi) is 7.29. The van der Waals surface area contributed by atoms with Crippen LogP contribution in [0.15, 0.2) is 182 Å². The first-order chi connectivity index (χ1) is 32.0. The predicted molar refractivity (Wildman–Crippen MR) is 259 cm³/mol. The van der Waals surface area contributed by atoms with Crippen molar-refractivity contribution in [3.63, 3.8) is 0 Å². The fraction of sp³-hybridized carbons (Fsp3) is 0.0333. The van der Waals surface area contributed by atoms with Crippen LogP contribution in [0, 0.1) is 0 Å². The molecule has 312 valence electrons. The molecule has 0 atom stereocenters. The average molecular weight is 865 g/mol. The Labute approximate surface area is 372 Å². The van der Waals surface area contributed by atoms with Gasteiger partial charge >= 0.3 is 12.4 Å². The van der Waals surface area contributed by atoms with Gasteiger partial charge < -0.3 is 0 Å². The third-order valence-electron chi connectivity index (χ3n) is 14.3. The minimum absolute atomic E-state index is 0.680. The maximum absolute atomic E-state index is 14.0. The first kappa shape index (κ1) is 37.4. The SMILES string of the molecule is FC(F)(F)c1ccc(-c2c3c(cc4c2ccc2c5cc6c(c(-c7ccc(C(F)(F)F)cc7)c5ccc42)-c2cc4ccccc4c4cccc-6c24)-c2cc4ccccc4c4cccc-3c24)cc1. The molecule has 0 heterocycles. The standard InChI is InChI=1S/C60H30F6/c61-59(62,63)35-19-15-31(16-20-35)53-44-25-23-39-40(48(44)30-51-49-27-33-7-1-3-9-37(33)42-12-6-14-46(56(42)49)57(51)53)24-26-45-47(39)29-50-43-13-5-11-41-38-10-4-2-8-34(38)28-52(55(41)43)58(50)54(45)32-17-21-36(22-18-32)60(64,65)66/h1-30H. The molecule has 0 bridgehead atoms. The summed E-state index contributed by atoms with van der Waals surface area (Å²) in [6, 6.07) is 57.6. The van der Waals surface area contributed by atoms with Crippen molar-refractivity contribution in [1.29, 1.82) is 0 Å². The number of halogens is 6. The molecule has 0 saturated heterocycles. The molecule has 0 amide bonds. The highest BCUT2D eigenvalue weighted by Gasteiger charge is 2.34. The molecule has 66 heavy (non-hydrogen) atoms. The van der Waals surface area contributed by atoms with Crippen LogP contribution in [-0.2, 0) is 12.4 Å². The molecule has 0 fully saturated rings. The molecule has 6 heteroatoms. The van der Waals surface area contributed by atoms with Crippen molar-refractivity contribution >= 4 is 75.4 Å². The van der Waals surface area contributed by atoms with E-state index in [1.165, 1.54) is 0 Å². The highest BCUT2D eigenvalue weighted by atomic mass is 19.4. The van der Waals surface area contributed by atoms with Crippen LogP contribution < -0.4 is 0 Å². The molecule has 0 unspecified atom stereocenters. The van der Waals surface area contributed by atoms with Crippen molar-refractivity contribution in [1.82, 2.24) is 0 Å². The van der Waals surface area contributed by atoms with Gasteiger partial charge in [-0.3, -0.25) is 0 Å². The quantitative estimate of drug-likeness (QED) is 0.120. The zero-order valence-corrected chi connectivity index (χ0v) is 34.6. The highest BCUT2D eigenvalue weighted by molar-refractivity contribution is 6.33. The van der Waals surface area contributed by atoms with Gasteiger partial charge in [-0.15, -0.1) is 0 Å². The van der Waals surface area contributed by atoms with Gasteiger partial charge in [0.15, 0.2) is 0 Å². The third kappa shape index (κ3) is 5.01. The fourth-order valence-electron chi connectivity index (χ4n) is 11.6. The number of hydrogen-bond acceptors (Lipinski definition) is 0. The van der Waals surface area contributed by atoms with Crippen molar-refractivity contribution in [3.8, 4) is 66.8 Å². The van der Waals surface area contributed by atoms with Crippen molar-refractivity contribution < 1.29 is 26.3 Å². The lowest BCUT2D eigenvalue weighted by atomic mass is 9.83. The summed E-state index contributed by atoms with van der Waals surface area (Å²) in [4.78, 5) is 0. The van der Waals surface area contributed by atoms with Gasteiger partial charge in [0.05, 0.1) is 11.1 Å². The number of rotatable bonds is 2. The molecular formula is C60H30F6. The lowest BCUT2D eigenvalue weighted by Gasteiger charge is -2.20. The summed E-state index contributed by atoms with van der Waals surface area (Å²) in [6.07, 6.45) is -8.98. The molecule has 0 aliphatic heterocycles. The maximum Gasteiger partial charge on any atom is 0.416 e. The molecule has 0 saturated carbocycles. The molecular weight excluding hydrogens is 835 g/mol. The molecule has 12 aromatic carbocycles. The predicted octanol–water partition coefficient (Wildman–Crippen LogP) is 18.4. The maximum atomic E-state index is 14.0. The summed E-state index contributed by atoms with van der Waals surface area (Å²) in [5, 5.41) is 14.5. The first-order valence-electron chi connectivity index (χ1n) is 21.8. The van der Waals surface area contributed by atoms with Crippen LogP contribution >= 0.6 is 0 Å². The smallest absolute Gasteiger partial charge is 0.166 e. The van der Waals surface area contributed by atoms with Gasteiger partial charge in [-0.1, -0.05) is 133 Å². The highest BCUT2D eigenvalue weighted by Crippen LogP contribution is 2.58. The van der Waals surface area contributed by atoms with Crippen LogP contribution in [0.2, 0.25) is 0 Å². The summed E-state index contributed by atoms with van der Waals surface area (Å²) in [5.74, 6) is 0. The lowest BCUT2D eigenvalue weighted by molar-refractivity contribution is -0.138. The van der Waals surface area contributed by atoms with E-state index in [4.69, 9.17) is 0 Å². The molecule has 2 aliphatic carbocycles. The summed E-state index contributed by atoms with van der Waals surface area (Å²) in [5.41, 5.74) is 9.87. The van der Waals surface area contributed by atoms with Gasteiger partial charge in [-0.2, -0.15) is 26.3 Å². The van der Waals surface area contributed by atoms with Crippen LogP contribution in [0.4, 0.5) is 26.3 Å². The van der Waals surface area contributed by atoms with E-state index in [0.717, 1.165) is 155 Å². The lowest BCUT2D eigenvalue weighted by Crippen LogP contribution is -2.04. The topological polar surface area (TPSA) is 0 Å². The van der Waals surface area contributed by atoms with E-state index in [-0.39, 0.29) is 0 Å². The molecule has 12 aromatic rings. The molecule has 0 spiro atoms. The van der Waals surface area contributed by atoms with Gasteiger partial charge in [0.25, 0.3) is 0 Å². The fourth-order valence-corrected chi connectivity index (χ4v) is 11.6. The average Bonchev–Trinajstić information content (AvgIpc) is 3.82.